The van der Waals surface area contributed by atoms with Gasteiger partial charge in [-0.25, -0.2) is 8.78 Å². The van der Waals surface area contributed by atoms with Crippen LogP contribution in [0.1, 0.15) is 0 Å². The summed E-state index contributed by atoms with van der Waals surface area (Å²) in [6.45, 7) is 0.943. The molecule has 10 heteroatoms. The Hall–Kier alpha value is -2.85. The van der Waals surface area contributed by atoms with Crippen LogP contribution in [0.5, 0.6) is 0 Å². The maximum atomic E-state index is 13.2. The molecule has 0 saturated carbocycles. The summed E-state index contributed by atoms with van der Waals surface area (Å²) in [5, 5.41) is 11.4. The van der Waals surface area contributed by atoms with E-state index in [4.69, 9.17) is 4.74 Å². The second-order valence-corrected chi connectivity index (χ2v) is 6.62. The monoisotopic (exact) mass is 405 g/mol. The number of benzene rings is 1. The number of aromatic nitrogens is 4. The normalized spacial score (nSPS) is 10.8. The lowest BCUT2D eigenvalue weighted by Crippen LogP contribution is -2.15. The summed E-state index contributed by atoms with van der Waals surface area (Å²) in [7, 11) is 1.59. The summed E-state index contributed by atoms with van der Waals surface area (Å²) in [6, 6.07) is 6.46. The zero-order valence-electron chi connectivity index (χ0n) is 14.9. The van der Waals surface area contributed by atoms with Crippen LogP contribution in [0.15, 0.2) is 47.9 Å². The number of carbonyl (C=O) groups is 1. The van der Waals surface area contributed by atoms with Crippen molar-refractivity contribution in [2.75, 3.05) is 24.8 Å². The maximum absolute atomic E-state index is 13.2. The van der Waals surface area contributed by atoms with E-state index in [9.17, 15) is 13.6 Å². The van der Waals surface area contributed by atoms with Gasteiger partial charge in [-0.05, 0) is 24.3 Å². The first-order valence-electron chi connectivity index (χ1n) is 8.28. The van der Waals surface area contributed by atoms with Crippen molar-refractivity contribution < 1.29 is 18.3 Å². The molecule has 3 rings (SSSR count). The van der Waals surface area contributed by atoms with Crippen LogP contribution in [0.3, 0.4) is 0 Å². The number of hydrogen-bond donors (Lipinski definition) is 1. The minimum absolute atomic E-state index is 0.000404. The Bertz CT molecular complexity index is 932. The number of anilines is 1. The Kier molecular flexibility index (Phi) is 6.66. The second kappa shape index (κ2) is 9.38. The summed E-state index contributed by atoms with van der Waals surface area (Å²) in [5.41, 5.74) is 0.895. The lowest BCUT2D eigenvalue weighted by molar-refractivity contribution is -0.113. The van der Waals surface area contributed by atoms with Crippen LogP contribution in [0.2, 0.25) is 0 Å². The number of ether oxygens (including phenoxy) is 1. The SMILES string of the molecule is COCCn1c(SCC(=O)Nc2cc(F)cc(F)c2)nnc1-c1ccncc1. The number of halogens is 2. The highest BCUT2D eigenvalue weighted by Crippen LogP contribution is 2.24. The first kappa shape index (κ1) is 19.9. The topological polar surface area (TPSA) is 81.9 Å². The molecule has 3 aromatic rings. The zero-order valence-corrected chi connectivity index (χ0v) is 15.7. The van der Waals surface area contributed by atoms with Crippen LogP contribution in [0.25, 0.3) is 11.4 Å². The van der Waals surface area contributed by atoms with Gasteiger partial charge in [-0.2, -0.15) is 0 Å². The molecule has 0 saturated heterocycles. The fourth-order valence-corrected chi connectivity index (χ4v) is 3.21. The number of nitrogens with one attached hydrogen (secondary N) is 1. The third-order valence-electron chi connectivity index (χ3n) is 3.65. The number of amides is 1. The van der Waals surface area contributed by atoms with E-state index in [-0.39, 0.29) is 11.4 Å². The molecular weight excluding hydrogens is 388 g/mol. The molecule has 1 amide bonds. The Balaban J connectivity index is 1.71. The molecule has 2 heterocycles. The summed E-state index contributed by atoms with van der Waals surface area (Å²) < 4.78 is 33.4. The second-order valence-electron chi connectivity index (χ2n) is 5.68. The first-order chi connectivity index (χ1) is 13.6. The Morgan fingerprint density at radius 3 is 2.57 bits per heavy atom. The van der Waals surface area contributed by atoms with Gasteiger partial charge in [-0.3, -0.25) is 14.3 Å². The minimum atomic E-state index is -0.760. The highest BCUT2D eigenvalue weighted by molar-refractivity contribution is 7.99. The van der Waals surface area contributed by atoms with Gasteiger partial charge in [0.15, 0.2) is 11.0 Å². The molecule has 2 aromatic heterocycles. The summed E-state index contributed by atoms with van der Waals surface area (Å²) in [5.74, 6) is -1.30. The van der Waals surface area contributed by atoms with Gasteiger partial charge in [-0.1, -0.05) is 11.8 Å². The number of hydrogen-bond acceptors (Lipinski definition) is 6. The molecular formula is C18H17F2N5O2S. The van der Waals surface area contributed by atoms with E-state index in [1.54, 1.807) is 19.5 Å². The van der Waals surface area contributed by atoms with Crippen LogP contribution >= 0.6 is 11.8 Å². The largest absolute Gasteiger partial charge is 0.383 e. The van der Waals surface area contributed by atoms with Crippen LogP contribution in [0.4, 0.5) is 14.5 Å². The average molecular weight is 405 g/mol. The average Bonchev–Trinajstić information content (AvgIpc) is 3.07. The van der Waals surface area contributed by atoms with Crippen molar-refractivity contribution in [1.82, 2.24) is 19.7 Å². The first-order valence-corrected chi connectivity index (χ1v) is 9.26. The number of carbonyl (C=O) groups excluding carboxylic acids is 1. The number of nitrogens with zero attached hydrogens (tertiary/aromatic N) is 4. The van der Waals surface area contributed by atoms with Crippen LogP contribution in [-0.2, 0) is 16.1 Å². The molecule has 0 aliphatic heterocycles. The van der Waals surface area contributed by atoms with Crippen molar-refractivity contribution in [3.8, 4) is 11.4 Å². The summed E-state index contributed by atoms with van der Waals surface area (Å²) in [6.07, 6.45) is 3.31. The molecule has 28 heavy (non-hydrogen) atoms. The van der Waals surface area contributed by atoms with E-state index in [0.29, 0.717) is 24.1 Å². The maximum Gasteiger partial charge on any atom is 0.234 e. The predicted molar refractivity (Wildman–Crippen MR) is 101 cm³/mol. The molecule has 0 bridgehead atoms. The molecule has 1 N–H and O–H groups in total. The van der Waals surface area contributed by atoms with Crippen LogP contribution in [-0.4, -0.2) is 45.1 Å². The highest BCUT2D eigenvalue weighted by Gasteiger charge is 2.16. The van der Waals surface area contributed by atoms with E-state index in [0.717, 1.165) is 23.8 Å². The molecule has 1 aromatic carbocycles. The summed E-state index contributed by atoms with van der Waals surface area (Å²) >= 11 is 1.17. The molecule has 0 fully saturated rings. The molecule has 146 valence electrons. The summed E-state index contributed by atoms with van der Waals surface area (Å²) in [4.78, 5) is 16.1. The van der Waals surface area contributed by atoms with E-state index < -0.39 is 17.5 Å². The van der Waals surface area contributed by atoms with Gasteiger partial charge in [0.05, 0.1) is 18.9 Å². The Morgan fingerprint density at radius 2 is 1.89 bits per heavy atom. The predicted octanol–water partition coefficient (Wildman–Crippen LogP) is 3.00. The standard InChI is InChI=1S/C18H17F2N5O2S/c1-27-7-6-25-17(12-2-4-21-5-3-12)23-24-18(25)28-11-16(26)22-15-9-13(19)8-14(20)10-15/h2-5,8-10H,6-7,11H2,1H3,(H,22,26). The number of rotatable bonds is 8. The van der Waals surface area contributed by atoms with Crippen molar-refractivity contribution >= 4 is 23.4 Å². The smallest absolute Gasteiger partial charge is 0.234 e. The van der Waals surface area contributed by atoms with Crippen LogP contribution in [0, 0.1) is 11.6 Å². The van der Waals surface area contributed by atoms with Gasteiger partial charge in [0.25, 0.3) is 0 Å². The molecule has 0 spiro atoms. The lowest BCUT2D eigenvalue weighted by Gasteiger charge is -2.10. The fourth-order valence-electron chi connectivity index (χ4n) is 2.45. The van der Waals surface area contributed by atoms with Gasteiger partial charge >= 0.3 is 0 Å². The number of pyridine rings is 1. The quantitative estimate of drug-likeness (QED) is 0.580. The minimum Gasteiger partial charge on any atom is -0.383 e. The molecule has 0 atom stereocenters. The molecule has 0 aliphatic rings. The van der Waals surface area contributed by atoms with Crippen molar-refractivity contribution in [2.45, 2.75) is 11.7 Å². The Labute approximate surface area is 164 Å². The third-order valence-corrected chi connectivity index (χ3v) is 4.62. The third kappa shape index (κ3) is 5.11. The van der Waals surface area contributed by atoms with Gasteiger partial charge in [0.2, 0.25) is 5.91 Å². The number of methoxy groups -OCH3 is 1. The van der Waals surface area contributed by atoms with Gasteiger partial charge in [-0.15, -0.1) is 10.2 Å². The van der Waals surface area contributed by atoms with Crippen molar-refractivity contribution in [1.29, 1.82) is 0 Å². The van der Waals surface area contributed by atoms with Crippen molar-refractivity contribution in [3.63, 3.8) is 0 Å². The number of thioether (sulfide) groups is 1. The molecule has 0 radical (unpaired) electrons. The molecule has 0 aliphatic carbocycles. The van der Waals surface area contributed by atoms with E-state index in [2.05, 4.69) is 20.5 Å². The lowest BCUT2D eigenvalue weighted by atomic mass is 10.2. The van der Waals surface area contributed by atoms with Gasteiger partial charge < -0.3 is 10.1 Å². The fraction of sp³-hybridized carbons (Fsp3) is 0.222. The highest BCUT2D eigenvalue weighted by atomic mass is 32.2. The van der Waals surface area contributed by atoms with E-state index >= 15 is 0 Å². The molecule has 0 unspecified atom stereocenters. The van der Waals surface area contributed by atoms with Gasteiger partial charge in [0, 0.05) is 36.8 Å². The zero-order chi connectivity index (χ0) is 19.9. The Morgan fingerprint density at radius 1 is 1.18 bits per heavy atom. The molecule has 7 nitrogen and oxygen atoms in total. The van der Waals surface area contributed by atoms with Gasteiger partial charge in [0.1, 0.15) is 11.6 Å². The van der Waals surface area contributed by atoms with Crippen molar-refractivity contribution in [3.05, 3.63) is 54.4 Å². The van der Waals surface area contributed by atoms with Crippen molar-refractivity contribution in [2.24, 2.45) is 0 Å². The van der Waals surface area contributed by atoms with E-state index in [1.165, 1.54) is 11.8 Å². The van der Waals surface area contributed by atoms with Crippen LogP contribution < -0.4 is 5.32 Å². The van der Waals surface area contributed by atoms with E-state index in [1.807, 2.05) is 16.7 Å².